The summed E-state index contributed by atoms with van der Waals surface area (Å²) >= 11 is 5.18. The summed E-state index contributed by atoms with van der Waals surface area (Å²) in [5, 5.41) is 0. The van der Waals surface area contributed by atoms with E-state index in [4.69, 9.17) is 8.75 Å². The van der Waals surface area contributed by atoms with Gasteiger partial charge in [0.25, 0.3) is 0 Å². The van der Waals surface area contributed by atoms with Crippen LogP contribution < -0.4 is 0 Å². The molecule has 5 aromatic carbocycles. The van der Waals surface area contributed by atoms with Crippen LogP contribution in [0.1, 0.15) is 64.1 Å². The van der Waals surface area contributed by atoms with E-state index in [1.807, 2.05) is 22.7 Å². The first-order valence-corrected chi connectivity index (χ1v) is 20.9. The van der Waals surface area contributed by atoms with Crippen molar-refractivity contribution in [2.45, 2.75) is 65.2 Å². The van der Waals surface area contributed by atoms with Crippen LogP contribution in [0.15, 0.2) is 133 Å². The van der Waals surface area contributed by atoms with Crippen molar-refractivity contribution in [1.82, 2.24) is 8.75 Å². The Morgan fingerprint density at radius 1 is 0.415 bits per heavy atom. The third kappa shape index (κ3) is 6.29. The second-order valence-corrected chi connectivity index (χ2v) is 17.7. The highest BCUT2D eigenvalue weighted by atomic mass is 32.1. The van der Waals surface area contributed by atoms with Crippen molar-refractivity contribution in [3.8, 4) is 65.4 Å². The number of aromatic nitrogens is 2. The largest absolute Gasteiger partial charge is 0.172 e. The molecule has 0 aliphatic carbocycles. The molecule has 8 rings (SSSR count). The Labute approximate surface area is 326 Å². The van der Waals surface area contributed by atoms with Gasteiger partial charge in [-0.1, -0.05) is 175 Å². The third-order valence-electron chi connectivity index (χ3n) is 11.0. The van der Waals surface area contributed by atoms with Crippen LogP contribution in [0.3, 0.4) is 0 Å². The van der Waals surface area contributed by atoms with Gasteiger partial charge in [-0.2, -0.15) is 8.75 Å². The van der Waals surface area contributed by atoms with Crippen molar-refractivity contribution >= 4 is 45.4 Å². The fourth-order valence-corrected chi connectivity index (χ4v) is 10.9. The van der Waals surface area contributed by atoms with Gasteiger partial charge >= 0.3 is 0 Å². The molecule has 0 bridgehead atoms. The molecule has 0 aliphatic heterocycles. The second-order valence-electron chi connectivity index (χ2n) is 15.1. The minimum Gasteiger partial charge on any atom is -0.172 e. The molecule has 3 heterocycles. The van der Waals surface area contributed by atoms with Gasteiger partial charge in [0, 0.05) is 52.9 Å². The van der Waals surface area contributed by atoms with Crippen LogP contribution in [0.4, 0.5) is 0 Å². The van der Waals surface area contributed by atoms with Gasteiger partial charge in [0.2, 0.25) is 0 Å². The number of hydrogen-bond acceptors (Lipinski definition) is 5. The highest BCUT2D eigenvalue weighted by molar-refractivity contribution is 7.17. The van der Waals surface area contributed by atoms with Crippen LogP contribution in [0.5, 0.6) is 0 Å². The van der Waals surface area contributed by atoms with E-state index >= 15 is 0 Å². The van der Waals surface area contributed by atoms with Crippen LogP contribution in [0.25, 0.3) is 76.4 Å². The summed E-state index contributed by atoms with van der Waals surface area (Å²) in [4.78, 5) is 5.32. The zero-order valence-corrected chi connectivity index (χ0v) is 33.7. The zero-order chi connectivity index (χ0) is 36.7. The summed E-state index contributed by atoms with van der Waals surface area (Å²) in [6, 6.07) is 48.4. The average Bonchev–Trinajstić information content (AvgIpc) is 3.96. The molecule has 0 spiro atoms. The maximum atomic E-state index is 5.11. The molecule has 0 aliphatic rings. The number of rotatable bonds is 10. The van der Waals surface area contributed by atoms with E-state index in [0.717, 1.165) is 35.0 Å². The molecule has 0 radical (unpaired) electrons. The summed E-state index contributed by atoms with van der Waals surface area (Å²) < 4.78 is 10.2. The second kappa shape index (κ2) is 14.3. The molecule has 2 nitrogen and oxygen atoms in total. The van der Waals surface area contributed by atoms with Crippen molar-refractivity contribution in [3.63, 3.8) is 0 Å². The predicted molar refractivity (Wildman–Crippen MR) is 232 cm³/mol. The van der Waals surface area contributed by atoms with Gasteiger partial charge < -0.3 is 0 Å². The molecule has 0 fully saturated rings. The lowest BCUT2D eigenvalue weighted by Crippen LogP contribution is -2.14. The lowest BCUT2D eigenvalue weighted by molar-refractivity contribution is 0.518. The standard InChI is InChI=1S/C48H44N2S3/c1-7-47(3,4)45-39(33-25-17-11-18-26-33)37(31-21-13-9-14-22-31)43(51-45)35-29-30-36(42-41(35)49-53-50-42)44-38(32-23-15-10-16-24-32)40(34-27-19-12-20-28-34)46(52-44)48(5,6)8-2/h9-30H,7-8H2,1-6H3. The zero-order valence-electron chi connectivity index (χ0n) is 31.2. The van der Waals surface area contributed by atoms with E-state index in [1.54, 1.807) is 0 Å². The van der Waals surface area contributed by atoms with Gasteiger partial charge in [0.15, 0.2) is 0 Å². The fraction of sp³-hybridized carbons (Fsp3) is 0.208. The Balaban J connectivity index is 1.43. The minimum atomic E-state index is -0.0190. The van der Waals surface area contributed by atoms with Crippen LogP contribution in [0.2, 0.25) is 0 Å². The summed E-state index contributed by atoms with van der Waals surface area (Å²) in [5.41, 5.74) is 14.3. The van der Waals surface area contributed by atoms with E-state index in [9.17, 15) is 0 Å². The number of benzene rings is 5. The average molecular weight is 745 g/mol. The molecule has 3 aromatic heterocycles. The van der Waals surface area contributed by atoms with E-state index < -0.39 is 0 Å². The quantitative estimate of drug-likeness (QED) is 0.139. The van der Waals surface area contributed by atoms with Crippen molar-refractivity contribution in [1.29, 1.82) is 0 Å². The maximum absolute atomic E-state index is 5.11. The topological polar surface area (TPSA) is 25.8 Å². The van der Waals surface area contributed by atoms with E-state index in [0.29, 0.717) is 0 Å². The van der Waals surface area contributed by atoms with Gasteiger partial charge in [0.05, 0.1) is 11.7 Å². The first kappa shape index (κ1) is 35.4. The molecule has 0 saturated heterocycles. The Kier molecular flexibility index (Phi) is 9.53. The Hall–Kier alpha value is -4.68. The third-order valence-corrected chi connectivity index (χ3v) is 14.7. The molecular weight excluding hydrogens is 701 g/mol. The molecule has 0 saturated carbocycles. The van der Waals surface area contributed by atoms with Crippen molar-refractivity contribution in [2.24, 2.45) is 0 Å². The molecule has 8 aromatic rings. The molecule has 5 heteroatoms. The molecule has 0 atom stereocenters. The Morgan fingerprint density at radius 3 is 1.02 bits per heavy atom. The highest BCUT2D eigenvalue weighted by Gasteiger charge is 2.34. The number of thiophene rings is 2. The van der Waals surface area contributed by atoms with E-state index in [2.05, 4.69) is 175 Å². The van der Waals surface area contributed by atoms with Crippen LogP contribution in [0, 0.1) is 0 Å². The van der Waals surface area contributed by atoms with Crippen molar-refractivity contribution < 1.29 is 0 Å². The number of fused-ring (bicyclic) bond motifs is 1. The first-order chi connectivity index (χ1) is 25.7. The first-order valence-electron chi connectivity index (χ1n) is 18.6. The van der Waals surface area contributed by atoms with Crippen molar-refractivity contribution in [2.75, 3.05) is 0 Å². The van der Waals surface area contributed by atoms with Crippen LogP contribution >= 0.6 is 34.4 Å². The van der Waals surface area contributed by atoms with Crippen LogP contribution in [-0.4, -0.2) is 8.75 Å². The van der Waals surface area contributed by atoms with E-state index in [1.165, 1.54) is 75.7 Å². The number of nitrogens with zero attached hydrogens (tertiary/aromatic N) is 2. The molecular formula is C48H44N2S3. The van der Waals surface area contributed by atoms with Gasteiger partial charge in [-0.25, -0.2) is 0 Å². The highest BCUT2D eigenvalue weighted by Crippen LogP contribution is 2.56. The molecule has 264 valence electrons. The van der Waals surface area contributed by atoms with Gasteiger partial charge in [-0.05, 0) is 45.9 Å². The lowest BCUT2D eigenvalue weighted by atomic mass is 9.81. The van der Waals surface area contributed by atoms with Crippen LogP contribution in [-0.2, 0) is 10.8 Å². The van der Waals surface area contributed by atoms with Gasteiger partial charge in [-0.3, -0.25) is 0 Å². The maximum Gasteiger partial charge on any atom is 0.114 e. The van der Waals surface area contributed by atoms with Crippen molar-refractivity contribution in [3.05, 3.63) is 143 Å². The summed E-state index contributed by atoms with van der Waals surface area (Å²) in [6.45, 7) is 14.1. The molecule has 53 heavy (non-hydrogen) atoms. The Bertz CT molecular complexity index is 2330. The minimum absolute atomic E-state index is 0.0190. The number of hydrogen-bond donors (Lipinski definition) is 0. The van der Waals surface area contributed by atoms with Gasteiger partial charge in [-0.15, -0.1) is 22.7 Å². The monoisotopic (exact) mass is 744 g/mol. The summed E-state index contributed by atoms with van der Waals surface area (Å²) in [5.74, 6) is 0. The van der Waals surface area contributed by atoms with Gasteiger partial charge in [0.1, 0.15) is 11.0 Å². The smallest absolute Gasteiger partial charge is 0.114 e. The molecule has 0 N–H and O–H groups in total. The lowest BCUT2D eigenvalue weighted by Gasteiger charge is -2.24. The SMILES string of the molecule is CCC(C)(C)c1sc(-c2ccc(-c3sc(C(C)(C)CC)c(-c4ccccc4)c3-c3ccccc3)c3nsnc23)c(-c2ccccc2)c1-c1ccccc1. The van der Waals surface area contributed by atoms with E-state index in [-0.39, 0.29) is 10.8 Å². The molecule has 0 amide bonds. The summed E-state index contributed by atoms with van der Waals surface area (Å²) in [6.07, 6.45) is 2.07. The molecule has 0 unspecified atom stereocenters. The fourth-order valence-electron chi connectivity index (χ4n) is 7.27. The Morgan fingerprint density at radius 2 is 0.717 bits per heavy atom. The normalized spacial score (nSPS) is 12.1. The summed E-state index contributed by atoms with van der Waals surface area (Å²) in [7, 11) is 0. The predicted octanol–water partition coefficient (Wildman–Crippen LogP) is 15.2.